The molecule has 0 amide bonds. The van der Waals surface area contributed by atoms with Crippen molar-refractivity contribution in [2.75, 3.05) is 31.1 Å². The van der Waals surface area contributed by atoms with Crippen molar-refractivity contribution in [2.24, 2.45) is 0 Å². The van der Waals surface area contributed by atoms with Gasteiger partial charge >= 0.3 is 6.18 Å². The number of benzene rings is 2. The van der Waals surface area contributed by atoms with Gasteiger partial charge in [0, 0.05) is 44.4 Å². The molecule has 0 spiro atoms. The van der Waals surface area contributed by atoms with E-state index in [1.165, 1.54) is 6.07 Å². The van der Waals surface area contributed by atoms with Crippen LogP contribution in [0.2, 0.25) is 0 Å². The van der Waals surface area contributed by atoms with Crippen LogP contribution in [-0.2, 0) is 12.7 Å². The van der Waals surface area contributed by atoms with E-state index in [0.29, 0.717) is 38.8 Å². The molecular formula is C20H22F3N3O3. The van der Waals surface area contributed by atoms with Gasteiger partial charge in [0.2, 0.25) is 0 Å². The lowest BCUT2D eigenvalue weighted by atomic mass is 10.0. The molecule has 1 heterocycles. The van der Waals surface area contributed by atoms with Gasteiger partial charge in [-0.25, -0.2) is 0 Å². The second-order valence-corrected chi connectivity index (χ2v) is 7.29. The Kier molecular flexibility index (Phi) is 5.70. The molecular weight excluding hydrogens is 387 g/mol. The zero-order valence-electron chi connectivity index (χ0n) is 16.2. The highest BCUT2D eigenvalue weighted by molar-refractivity contribution is 5.65. The van der Waals surface area contributed by atoms with Crippen LogP contribution in [0.5, 0.6) is 5.75 Å². The lowest BCUT2D eigenvalue weighted by Crippen LogP contribution is -2.46. The van der Waals surface area contributed by atoms with Crippen molar-refractivity contribution in [3.05, 3.63) is 62.7 Å². The number of halogens is 3. The normalized spacial score (nSPS) is 15.6. The smallest absolute Gasteiger partial charge is 0.416 e. The van der Waals surface area contributed by atoms with Gasteiger partial charge < -0.3 is 10.0 Å². The van der Waals surface area contributed by atoms with E-state index in [9.17, 15) is 28.4 Å². The van der Waals surface area contributed by atoms with Gasteiger partial charge in [-0.05, 0) is 43.2 Å². The summed E-state index contributed by atoms with van der Waals surface area (Å²) < 4.78 is 38.7. The van der Waals surface area contributed by atoms with Crippen molar-refractivity contribution in [1.82, 2.24) is 4.90 Å². The number of anilines is 1. The summed E-state index contributed by atoms with van der Waals surface area (Å²) in [6, 6.07) is 6.31. The molecule has 2 aromatic carbocycles. The summed E-state index contributed by atoms with van der Waals surface area (Å²) in [7, 11) is 0. The van der Waals surface area contributed by atoms with Crippen molar-refractivity contribution in [3.8, 4) is 5.75 Å². The van der Waals surface area contributed by atoms with Crippen LogP contribution in [-0.4, -0.2) is 41.1 Å². The van der Waals surface area contributed by atoms with Gasteiger partial charge in [0.05, 0.1) is 10.5 Å². The number of hydrogen-bond acceptors (Lipinski definition) is 5. The van der Waals surface area contributed by atoms with Gasteiger partial charge in [0.1, 0.15) is 11.4 Å². The third-order valence-electron chi connectivity index (χ3n) is 5.30. The first-order chi connectivity index (χ1) is 13.6. The van der Waals surface area contributed by atoms with Crippen LogP contribution in [0.4, 0.5) is 24.5 Å². The molecule has 1 N–H and O–H groups in total. The molecule has 3 rings (SSSR count). The molecule has 0 unspecified atom stereocenters. The first-order valence-electron chi connectivity index (χ1n) is 9.18. The molecule has 0 radical (unpaired) electrons. The predicted molar refractivity (Wildman–Crippen MR) is 103 cm³/mol. The van der Waals surface area contributed by atoms with E-state index in [-0.39, 0.29) is 11.4 Å². The molecule has 2 aromatic rings. The number of aryl methyl sites for hydroxylation is 2. The van der Waals surface area contributed by atoms with Crippen LogP contribution in [0.3, 0.4) is 0 Å². The Morgan fingerprint density at radius 3 is 2.28 bits per heavy atom. The Hall–Kier alpha value is -2.81. The fraction of sp³-hybridized carbons (Fsp3) is 0.400. The third-order valence-corrected chi connectivity index (χ3v) is 5.30. The van der Waals surface area contributed by atoms with Crippen molar-refractivity contribution >= 4 is 11.4 Å². The van der Waals surface area contributed by atoms with Gasteiger partial charge in [-0.15, -0.1) is 0 Å². The zero-order chi connectivity index (χ0) is 21.3. The molecule has 29 heavy (non-hydrogen) atoms. The van der Waals surface area contributed by atoms with Crippen LogP contribution in [0.25, 0.3) is 0 Å². The number of nitrogens with zero attached hydrogens (tertiary/aromatic N) is 3. The molecule has 0 saturated carbocycles. The SMILES string of the molecule is Cc1cc(O)c(CN2CCN(c3ccc(C(F)(F)F)cc3[N+](=O)[O-])CC2)cc1C. The van der Waals surface area contributed by atoms with E-state index in [1.54, 1.807) is 11.0 Å². The minimum absolute atomic E-state index is 0.191. The number of phenols is 1. The van der Waals surface area contributed by atoms with Gasteiger partial charge in [-0.3, -0.25) is 15.0 Å². The molecule has 1 aliphatic heterocycles. The fourth-order valence-corrected chi connectivity index (χ4v) is 3.49. The molecule has 1 saturated heterocycles. The standard InChI is InChI=1S/C20H22F3N3O3/c1-13-9-15(19(27)10-14(13)2)12-24-5-7-25(8-6-24)17-4-3-16(20(21,22)23)11-18(17)26(28)29/h3-4,9-11,27H,5-8,12H2,1-2H3. The lowest BCUT2D eigenvalue weighted by Gasteiger charge is -2.36. The Labute approximate surface area is 166 Å². The first kappa shape index (κ1) is 20.9. The summed E-state index contributed by atoms with van der Waals surface area (Å²) in [5.41, 5.74) is 1.51. The lowest BCUT2D eigenvalue weighted by molar-refractivity contribution is -0.384. The van der Waals surface area contributed by atoms with E-state index in [4.69, 9.17) is 0 Å². The highest BCUT2D eigenvalue weighted by atomic mass is 19.4. The van der Waals surface area contributed by atoms with Crippen LogP contribution in [0, 0.1) is 24.0 Å². The number of nitro groups is 1. The molecule has 6 nitrogen and oxygen atoms in total. The van der Waals surface area contributed by atoms with Crippen molar-refractivity contribution in [2.45, 2.75) is 26.6 Å². The predicted octanol–water partition coefficient (Wildman–Crippen LogP) is 4.26. The van der Waals surface area contributed by atoms with E-state index >= 15 is 0 Å². The maximum absolute atomic E-state index is 12.9. The van der Waals surface area contributed by atoms with Crippen molar-refractivity contribution < 1.29 is 23.2 Å². The topological polar surface area (TPSA) is 69.8 Å². The minimum Gasteiger partial charge on any atom is -0.508 e. The maximum Gasteiger partial charge on any atom is 0.416 e. The quantitative estimate of drug-likeness (QED) is 0.604. The minimum atomic E-state index is -4.63. The molecule has 0 bridgehead atoms. The average Bonchev–Trinajstić information content (AvgIpc) is 2.65. The molecule has 0 aliphatic carbocycles. The zero-order valence-corrected chi connectivity index (χ0v) is 16.2. The summed E-state index contributed by atoms with van der Waals surface area (Å²) >= 11 is 0. The largest absolute Gasteiger partial charge is 0.508 e. The first-order valence-corrected chi connectivity index (χ1v) is 9.18. The summed E-state index contributed by atoms with van der Waals surface area (Å²) in [6.45, 7) is 6.47. The number of nitro benzene ring substituents is 1. The average molecular weight is 409 g/mol. The Bertz CT molecular complexity index is 923. The van der Waals surface area contributed by atoms with Crippen molar-refractivity contribution in [3.63, 3.8) is 0 Å². The highest BCUT2D eigenvalue weighted by Gasteiger charge is 2.34. The molecule has 0 aromatic heterocycles. The van der Waals surface area contributed by atoms with Gasteiger partial charge in [0.25, 0.3) is 5.69 Å². The van der Waals surface area contributed by atoms with E-state index in [2.05, 4.69) is 4.90 Å². The maximum atomic E-state index is 12.9. The molecule has 9 heteroatoms. The van der Waals surface area contributed by atoms with Crippen LogP contribution >= 0.6 is 0 Å². The van der Waals surface area contributed by atoms with E-state index in [0.717, 1.165) is 22.8 Å². The number of phenolic OH excluding ortho intramolecular Hbond substituents is 1. The number of piperazine rings is 1. The molecule has 1 fully saturated rings. The van der Waals surface area contributed by atoms with Gasteiger partial charge in [-0.2, -0.15) is 13.2 Å². The number of hydrogen-bond donors (Lipinski definition) is 1. The number of alkyl halides is 3. The van der Waals surface area contributed by atoms with Crippen LogP contribution in [0.15, 0.2) is 30.3 Å². The Morgan fingerprint density at radius 2 is 1.69 bits per heavy atom. The van der Waals surface area contributed by atoms with Crippen LogP contribution < -0.4 is 4.90 Å². The number of aromatic hydroxyl groups is 1. The van der Waals surface area contributed by atoms with Crippen molar-refractivity contribution in [1.29, 1.82) is 0 Å². The summed E-state index contributed by atoms with van der Waals surface area (Å²) in [5, 5.41) is 21.5. The summed E-state index contributed by atoms with van der Waals surface area (Å²) in [5.74, 6) is 0.230. The summed E-state index contributed by atoms with van der Waals surface area (Å²) in [4.78, 5) is 14.4. The Balaban J connectivity index is 1.72. The molecule has 1 aliphatic rings. The number of rotatable bonds is 4. The van der Waals surface area contributed by atoms with Gasteiger partial charge in [0.15, 0.2) is 0 Å². The second-order valence-electron chi connectivity index (χ2n) is 7.29. The van der Waals surface area contributed by atoms with E-state index < -0.39 is 22.4 Å². The molecule has 156 valence electrons. The highest BCUT2D eigenvalue weighted by Crippen LogP contribution is 2.37. The monoisotopic (exact) mass is 409 g/mol. The fourth-order valence-electron chi connectivity index (χ4n) is 3.49. The summed E-state index contributed by atoms with van der Waals surface area (Å²) in [6.07, 6.45) is -4.63. The molecule has 0 atom stereocenters. The second kappa shape index (κ2) is 7.90. The Morgan fingerprint density at radius 1 is 1.07 bits per heavy atom. The third kappa shape index (κ3) is 4.61. The van der Waals surface area contributed by atoms with E-state index in [1.807, 2.05) is 19.9 Å². The van der Waals surface area contributed by atoms with Crippen LogP contribution in [0.1, 0.15) is 22.3 Å². The van der Waals surface area contributed by atoms with Gasteiger partial charge in [-0.1, -0.05) is 6.07 Å².